The van der Waals surface area contributed by atoms with Crippen molar-refractivity contribution in [2.24, 2.45) is 0 Å². The van der Waals surface area contributed by atoms with E-state index >= 15 is 0 Å². The predicted molar refractivity (Wildman–Crippen MR) is 124 cm³/mol. The van der Waals surface area contributed by atoms with Gasteiger partial charge in [0.15, 0.2) is 0 Å². The SMILES string of the molecule is O=C(CSCc1ccc(Cl)c(Cl)c1)Nc1ccc(CSc2ccccc2)cc1. The van der Waals surface area contributed by atoms with Crippen molar-refractivity contribution >= 4 is 58.3 Å². The molecule has 0 fully saturated rings. The Morgan fingerprint density at radius 3 is 2.25 bits per heavy atom. The fraction of sp³-hybridized carbons (Fsp3) is 0.136. The van der Waals surface area contributed by atoms with Crippen molar-refractivity contribution in [3.05, 3.63) is 94.0 Å². The number of nitrogens with one attached hydrogen (secondary N) is 1. The number of carbonyl (C=O) groups is 1. The monoisotopic (exact) mass is 447 g/mol. The lowest BCUT2D eigenvalue weighted by Gasteiger charge is -2.07. The van der Waals surface area contributed by atoms with Crippen LogP contribution in [0.15, 0.2) is 77.7 Å². The topological polar surface area (TPSA) is 29.1 Å². The summed E-state index contributed by atoms with van der Waals surface area (Å²) in [5.41, 5.74) is 3.09. The Balaban J connectivity index is 1.41. The number of thioether (sulfide) groups is 2. The molecule has 0 radical (unpaired) electrons. The van der Waals surface area contributed by atoms with Crippen molar-refractivity contribution in [3.8, 4) is 0 Å². The van der Waals surface area contributed by atoms with Gasteiger partial charge in [-0.2, -0.15) is 0 Å². The highest BCUT2D eigenvalue weighted by Gasteiger charge is 2.05. The van der Waals surface area contributed by atoms with Gasteiger partial charge in [-0.05, 0) is 47.5 Å². The maximum Gasteiger partial charge on any atom is 0.234 e. The predicted octanol–water partition coefficient (Wildman–Crippen LogP) is 7.16. The molecule has 0 aliphatic carbocycles. The van der Waals surface area contributed by atoms with E-state index in [4.69, 9.17) is 23.2 Å². The third-order valence-electron chi connectivity index (χ3n) is 3.87. The molecule has 0 heterocycles. The number of anilines is 1. The summed E-state index contributed by atoms with van der Waals surface area (Å²) in [7, 11) is 0. The smallest absolute Gasteiger partial charge is 0.234 e. The summed E-state index contributed by atoms with van der Waals surface area (Å²) < 4.78 is 0. The van der Waals surface area contributed by atoms with E-state index < -0.39 is 0 Å². The first-order chi connectivity index (χ1) is 13.6. The highest BCUT2D eigenvalue weighted by molar-refractivity contribution is 7.99. The Labute approximate surface area is 184 Å². The molecular weight excluding hydrogens is 429 g/mol. The van der Waals surface area contributed by atoms with Crippen molar-refractivity contribution in [2.75, 3.05) is 11.1 Å². The molecule has 0 aliphatic heterocycles. The number of carbonyl (C=O) groups excluding carboxylic acids is 1. The fourth-order valence-corrected chi connectivity index (χ4v) is 4.43. The molecule has 3 aromatic rings. The van der Waals surface area contributed by atoms with E-state index in [1.54, 1.807) is 29.6 Å². The average molecular weight is 448 g/mol. The van der Waals surface area contributed by atoms with Gasteiger partial charge in [-0.3, -0.25) is 4.79 Å². The summed E-state index contributed by atoms with van der Waals surface area (Å²) in [4.78, 5) is 13.4. The van der Waals surface area contributed by atoms with E-state index in [0.29, 0.717) is 21.6 Å². The standard InChI is InChI=1S/C22H19Cl2NOS2/c23-20-11-8-17(12-21(20)24)13-27-15-22(26)25-18-9-6-16(7-10-18)14-28-19-4-2-1-3-5-19/h1-12H,13-15H2,(H,25,26). The van der Waals surface area contributed by atoms with E-state index in [-0.39, 0.29) is 5.91 Å². The second-order valence-corrected chi connectivity index (χ2v) is 8.94. The van der Waals surface area contributed by atoms with E-state index in [2.05, 4.69) is 29.6 Å². The van der Waals surface area contributed by atoms with Gasteiger partial charge in [0.25, 0.3) is 0 Å². The summed E-state index contributed by atoms with van der Waals surface area (Å²) in [5, 5.41) is 4.01. The number of benzene rings is 3. The van der Waals surface area contributed by atoms with Crippen molar-refractivity contribution in [1.29, 1.82) is 0 Å². The lowest BCUT2D eigenvalue weighted by atomic mass is 10.2. The molecule has 0 aliphatic rings. The van der Waals surface area contributed by atoms with Gasteiger partial charge in [0.2, 0.25) is 5.91 Å². The minimum absolute atomic E-state index is 0.0172. The van der Waals surface area contributed by atoms with Crippen molar-refractivity contribution in [1.82, 2.24) is 0 Å². The molecule has 0 unspecified atom stereocenters. The molecule has 1 N–H and O–H groups in total. The van der Waals surface area contributed by atoms with Gasteiger partial charge in [0, 0.05) is 22.1 Å². The van der Waals surface area contributed by atoms with Crippen LogP contribution in [0.1, 0.15) is 11.1 Å². The number of amides is 1. The molecule has 6 heteroatoms. The van der Waals surface area contributed by atoms with Gasteiger partial charge in [-0.25, -0.2) is 0 Å². The first kappa shape index (κ1) is 21.1. The maximum absolute atomic E-state index is 12.1. The Hall–Kier alpha value is -1.59. The minimum Gasteiger partial charge on any atom is -0.325 e. The van der Waals surface area contributed by atoms with Crippen LogP contribution in [0.2, 0.25) is 10.0 Å². The molecular formula is C22H19Cl2NOS2. The lowest BCUT2D eigenvalue weighted by molar-refractivity contribution is -0.113. The number of hydrogen-bond acceptors (Lipinski definition) is 3. The van der Waals surface area contributed by atoms with Crippen molar-refractivity contribution < 1.29 is 4.79 Å². The van der Waals surface area contributed by atoms with Gasteiger partial charge >= 0.3 is 0 Å². The molecule has 0 bridgehead atoms. The zero-order valence-corrected chi connectivity index (χ0v) is 18.2. The molecule has 3 aromatic carbocycles. The van der Waals surface area contributed by atoms with E-state index in [1.165, 1.54) is 10.5 Å². The summed E-state index contributed by atoms with van der Waals surface area (Å²) >= 11 is 15.3. The summed E-state index contributed by atoms with van der Waals surface area (Å²) in [5.74, 6) is 1.97. The van der Waals surface area contributed by atoms with Crippen molar-refractivity contribution in [3.63, 3.8) is 0 Å². The van der Waals surface area contributed by atoms with Crippen LogP contribution < -0.4 is 5.32 Å². The van der Waals surface area contributed by atoms with Gasteiger partial charge in [-0.15, -0.1) is 23.5 Å². The molecule has 0 aromatic heterocycles. The molecule has 144 valence electrons. The second-order valence-electron chi connectivity index (χ2n) is 6.09. The zero-order chi connectivity index (χ0) is 19.8. The number of hydrogen-bond donors (Lipinski definition) is 1. The van der Waals surface area contributed by atoms with E-state index in [9.17, 15) is 4.79 Å². The normalized spacial score (nSPS) is 10.6. The van der Waals surface area contributed by atoms with Crippen LogP contribution in [0.25, 0.3) is 0 Å². The summed E-state index contributed by atoms with van der Waals surface area (Å²) in [6.07, 6.45) is 0. The number of rotatable bonds is 8. The fourth-order valence-electron chi connectivity index (χ4n) is 2.46. The molecule has 2 nitrogen and oxygen atoms in total. The second kappa shape index (κ2) is 10.8. The molecule has 0 saturated heterocycles. The Bertz CT molecular complexity index is 918. The maximum atomic E-state index is 12.1. The van der Waals surface area contributed by atoms with Crippen LogP contribution in [0, 0.1) is 0 Å². The molecule has 0 atom stereocenters. The summed E-state index contributed by atoms with van der Waals surface area (Å²) in [6, 6.07) is 23.8. The largest absolute Gasteiger partial charge is 0.325 e. The van der Waals surface area contributed by atoms with Crippen LogP contribution in [-0.4, -0.2) is 11.7 Å². The highest BCUT2D eigenvalue weighted by Crippen LogP contribution is 2.25. The first-order valence-corrected chi connectivity index (χ1v) is 11.6. The van der Waals surface area contributed by atoms with Crippen LogP contribution in [0.3, 0.4) is 0 Å². The van der Waals surface area contributed by atoms with Gasteiger partial charge in [0.1, 0.15) is 0 Å². The Kier molecular flexibility index (Phi) is 8.16. The number of halogens is 2. The van der Waals surface area contributed by atoms with Gasteiger partial charge < -0.3 is 5.32 Å². The Morgan fingerprint density at radius 1 is 0.821 bits per heavy atom. The van der Waals surface area contributed by atoms with E-state index in [1.807, 2.05) is 42.5 Å². The average Bonchev–Trinajstić information content (AvgIpc) is 2.71. The van der Waals surface area contributed by atoms with Crippen LogP contribution in [-0.2, 0) is 16.3 Å². The summed E-state index contributed by atoms with van der Waals surface area (Å²) in [6.45, 7) is 0. The highest BCUT2D eigenvalue weighted by atomic mass is 35.5. The third kappa shape index (κ3) is 6.78. The molecule has 0 spiro atoms. The zero-order valence-electron chi connectivity index (χ0n) is 15.0. The van der Waals surface area contributed by atoms with E-state index in [0.717, 1.165) is 17.0 Å². The first-order valence-electron chi connectivity index (χ1n) is 8.68. The minimum atomic E-state index is -0.0172. The van der Waals surface area contributed by atoms with Crippen LogP contribution >= 0.6 is 46.7 Å². The third-order valence-corrected chi connectivity index (χ3v) is 6.70. The van der Waals surface area contributed by atoms with Crippen molar-refractivity contribution in [2.45, 2.75) is 16.4 Å². The molecule has 1 amide bonds. The molecule has 3 rings (SSSR count). The molecule has 28 heavy (non-hydrogen) atoms. The van der Waals surface area contributed by atoms with Crippen LogP contribution in [0.4, 0.5) is 5.69 Å². The van der Waals surface area contributed by atoms with Crippen LogP contribution in [0.5, 0.6) is 0 Å². The van der Waals surface area contributed by atoms with Gasteiger partial charge in [-0.1, -0.05) is 59.6 Å². The lowest BCUT2D eigenvalue weighted by Crippen LogP contribution is -2.14. The van der Waals surface area contributed by atoms with Gasteiger partial charge in [0.05, 0.1) is 15.8 Å². The quantitative estimate of drug-likeness (QED) is 0.371. The molecule has 0 saturated carbocycles. The Morgan fingerprint density at radius 2 is 1.54 bits per heavy atom.